The summed E-state index contributed by atoms with van der Waals surface area (Å²) in [5.74, 6) is 1.60. The van der Waals surface area contributed by atoms with Gasteiger partial charge in [0.05, 0.1) is 6.10 Å². The fraction of sp³-hybridized carbons (Fsp3) is 0.353. The van der Waals surface area contributed by atoms with Gasteiger partial charge in [0.25, 0.3) is 0 Å². The molecule has 0 aliphatic carbocycles. The summed E-state index contributed by atoms with van der Waals surface area (Å²) in [6.45, 7) is 6.73. The first kappa shape index (κ1) is 13.9. The molecule has 0 amide bonds. The van der Waals surface area contributed by atoms with Crippen LogP contribution in [0.15, 0.2) is 36.5 Å². The van der Waals surface area contributed by atoms with E-state index in [0.717, 1.165) is 31.2 Å². The first-order valence-corrected chi connectivity index (χ1v) is 7.39. The summed E-state index contributed by atoms with van der Waals surface area (Å²) in [4.78, 5) is 4.37. The standard InChI is InChI=1S/C17H21N3O/c1-12(2)21-16-4-3-7-19-17(16)20-9-13-5-6-14-10-18-11-15(14)8-13/h3-8,12,18H,9-11H2,1-2H3,(H,19,20). The van der Waals surface area contributed by atoms with Crippen LogP contribution in [0.3, 0.4) is 0 Å². The third kappa shape index (κ3) is 3.34. The average molecular weight is 283 g/mol. The van der Waals surface area contributed by atoms with Crippen molar-refractivity contribution in [3.05, 3.63) is 53.2 Å². The van der Waals surface area contributed by atoms with Crippen LogP contribution in [0.1, 0.15) is 30.5 Å². The molecule has 0 saturated carbocycles. The van der Waals surface area contributed by atoms with E-state index in [4.69, 9.17) is 4.74 Å². The number of nitrogens with one attached hydrogen (secondary N) is 2. The number of pyridine rings is 1. The highest BCUT2D eigenvalue weighted by Gasteiger charge is 2.11. The van der Waals surface area contributed by atoms with Crippen molar-refractivity contribution in [3.8, 4) is 5.75 Å². The van der Waals surface area contributed by atoms with Crippen LogP contribution in [-0.2, 0) is 19.6 Å². The van der Waals surface area contributed by atoms with Gasteiger partial charge in [-0.25, -0.2) is 4.98 Å². The van der Waals surface area contributed by atoms with Crippen LogP contribution >= 0.6 is 0 Å². The highest BCUT2D eigenvalue weighted by Crippen LogP contribution is 2.23. The van der Waals surface area contributed by atoms with Crippen molar-refractivity contribution in [3.63, 3.8) is 0 Å². The number of hydrogen-bond donors (Lipinski definition) is 2. The SMILES string of the molecule is CC(C)Oc1cccnc1NCc1ccc2c(c1)CNC2. The van der Waals surface area contributed by atoms with E-state index in [1.54, 1.807) is 6.20 Å². The van der Waals surface area contributed by atoms with Crippen LogP contribution in [-0.4, -0.2) is 11.1 Å². The molecule has 0 bridgehead atoms. The summed E-state index contributed by atoms with van der Waals surface area (Å²) in [6, 6.07) is 10.5. The Kier molecular flexibility index (Phi) is 4.06. The number of nitrogens with zero attached hydrogens (tertiary/aromatic N) is 1. The monoisotopic (exact) mass is 283 g/mol. The van der Waals surface area contributed by atoms with Gasteiger partial charge in [0.2, 0.25) is 0 Å². The molecule has 0 saturated heterocycles. The Hall–Kier alpha value is -2.07. The first-order valence-electron chi connectivity index (χ1n) is 7.39. The third-order valence-electron chi connectivity index (χ3n) is 3.49. The Bertz CT molecular complexity index is 625. The van der Waals surface area contributed by atoms with Gasteiger partial charge in [-0.3, -0.25) is 0 Å². The molecule has 0 atom stereocenters. The molecule has 2 heterocycles. The van der Waals surface area contributed by atoms with Gasteiger partial charge in [-0.2, -0.15) is 0 Å². The largest absolute Gasteiger partial charge is 0.487 e. The molecule has 1 aromatic heterocycles. The number of ether oxygens (including phenoxy) is 1. The van der Waals surface area contributed by atoms with Crippen LogP contribution in [0.25, 0.3) is 0 Å². The van der Waals surface area contributed by atoms with Crippen molar-refractivity contribution in [2.24, 2.45) is 0 Å². The highest BCUT2D eigenvalue weighted by molar-refractivity contribution is 5.50. The topological polar surface area (TPSA) is 46.2 Å². The molecular weight excluding hydrogens is 262 g/mol. The van der Waals surface area contributed by atoms with E-state index >= 15 is 0 Å². The quantitative estimate of drug-likeness (QED) is 0.885. The Morgan fingerprint density at radius 3 is 2.95 bits per heavy atom. The fourth-order valence-corrected chi connectivity index (χ4v) is 2.52. The summed E-state index contributed by atoms with van der Waals surface area (Å²) < 4.78 is 5.77. The van der Waals surface area contributed by atoms with Gasteiger partial charge in [0, 0.05) is 25.8 Å². The molecule has 0 spiro atoms. The molecular formula is C17H21N3O. The number of benzene rings is 1. The average Bonchev–Trinajstić information content (AvgIpc) is 2.93. The summed E-state index contributed by atoms with van der Waals surface area (Å²) in [5, 5.41) is 6.74. The van der Waals surface area contributed by atoms with E-state index in [1.807, 2.05) is 26.0 Å². The van der Waals surface area contributed by atoms with Crippen molar-refractivity contribution in [1.29, 1.82) is 0 Å². The van der Waals surface area contributed by atoms with E-state index in [-0.39, 0.29) is 6.10 Å². The number of aromatic nitrogens is 1. The normalized spacial score (nSPS) is 13.3. The number of rotatable bonds is 5. The van der Waals surface area contributed by atoms with E-state index in [9.17, 15) is 0 Å². The molecule has 0 unspecified atom stereocenters. The maximum Gasteiger partial charge on any atom is 0.169 e. The lowest BCUT2D eigenvalue weighted by atomic mass is 10.1. The lowest BCUT2D eigenvalue weighted by Gasteiger charge is -2.14. The molecule has 4 heteroatoms. The number of anilines is 1. The molecule has 2 N–H and O–H groups in total. The van der Waals surface area contributed by atoms with Gasteiger partial charge in [0.15, 0.2) is 11.6 Å². The molecule has 110 valence electrons. The third-order valence-corrected chi connectivity index (χ3v) is 3.49. The molecule has 1 aliphatic heterocycles. The molecule has 3 rings (SSSR count). The summed E-state index contributed by atoms with van der Waals surface area (Å²) in [6.07, 6.45) is 1.92. The van der Waals surface area contributed by atoms with Crippen molar-refractivity contribution >= 4 is 5.82 Å². The van der Waals surface area contributed by atoms with Crippen molar-refractivity contribution in [2.75, 3.05) is 5.32 Å². The Morgan fingerprint density at radius 2 is 2.10 bits per heavy atom. The second-order valence-corrected chi connectivity index (χ2v) is 5.58. The predicted molar refractivity (Wildman–Crippen MR) is 84.3 cm³/mol. The maximum absolute atomic E-state index is 5.77. The van der Waals surface area contributed by atoms with Crippen LogP contribution in [0.4, 0.5) is 5.82 Å². The smallest absolute Gasteiger partial charge is 0.169 e. The van der Waals surface area contributed by atoms with E-state index < -0.39 is 0 Å². The van der Waals surface area contributed by atoms with Gasteiger partial charge >= 0.3 is 0 Å². The summed E-state index contributed by atoms with van der Waals surface area (Å²) in [7, 11) is 0. The fourth-order valence-electron chi connectivity index (χ4n) is 2.52. The second kappa shape index (κ2) is 6.14. The summed E-state index contributed by atoms with van der Waals surface area (Å²) >= 11 is 0. The maximum atomic E-state index is 5.77. The molecule has 2 aromatic rings. The van der Waals surface area contributed by atoms with Gasteiger partial charge in [-0.15, -0.1) is 0 Å². The number of hydrogen-bond acceptors (Lipinski definition) is 4. The molecule has 21 heavy (non-hydrogen) atoms. The predicted octanol–water partition coefficient (Wildman–Crippen LogP) is 3.08. The minimum atomic E-state index is 0.140. The minimum Gasteiger partial charge on any atom is -0.487 e. The summed E-state index contributed by atoms with van der Waals surface area (Å²) in [5.41, 5.74) is 4.06. The molecule has 0 fully saturated rings. The van der Waals surface area contributed by atoms with Crippen molar-refractivity contribution < 1.29 is 4.74 Å². The van der Waals surface area contributed by atoms with Crippen LogP contribution in [0.2, 0.25) is 0 Å². The molecule has 1 aliphatic rings. The molecule has 4 nitrogen and oxygen atoms in total. The van der Waals surface area contributed by atoms with Crippen LogP contribution in [0, 0.1) is 0 Å². The van der Waals surface area contributed by atoms with Gasteiger partial charge in [-0.1, -0.05) is 18.2 Å². The Morgan fingerprint density at radius 1 is 1.24 bits per heavy atom. The van der Waals surface area contributed by atoms with Gasteiger partial charge in [0.1, 0.15) is 0 Å². The van der Waals surface area contributed by atoms with Crippen LogP contribution < -0.4 is 15.4 Å². The molecule has 1 aromatic carbocycles. The van der Waals surface area contributed by atoms with Gasteiger partial charge < -0.3 is 15.4 Å². The minimum absolute atomic E-state index is 0.140. The zero-order valence-corrected chi connectivity index (χ0v) is 12.5. The van der Waals surface area contributed by atoms with E-state index in [0.29, 0.717) is 0 Å². The second-order valence-electron chi connectivity index (χ2n) is 5.58. The van der Waals surface area contributed by atoms with E-state index in [1.165, 1.54) is 16.7 Å². The lowest BCUT2D eigenvalue weighted by molar-refractivity contribution is 0.243. The Balaban J connectivity index is 1.70. The van der Waals surface area contributed by atoms with E-state index in [2.05, 4.69) is 33.8 Å². The first-order chi connectivity index (χ1) is 10.2. The zero-order chi connectivity index (χ0) is 14.7. The number of fused-ring (bicyclic) bond motifs is 1. The van der Waals surface area contributed by atoms with Crippen molar-refractivity contribution in [2.45, 2.75) is 39.6 Å². The lowest BCUT2D eigenvalue weighted by Crippen LogP contribution is -2.09. The zero-order valence-electron chi connectivity index (χ0n) is 12.5. The highest BCUT2D eigenvalue weighted by atomic mass is 16.5. The molecule has 0 radical (unpaired) electrons. The van der Waals surface area contributed by atoms with Crippen molar-refractivity contribution in [1.82, 2.24) is 10.3 Å². The Labute approximate surface area is 125 Å². The van der Waals surface area contributed by atoms with Gasteiger partial charge in [-0.05, 0) is 42.7 Å². The van der Waals surface area contributed by atoms with Crippen LogP contribution in [0.5, 0.6) is 5.75 Å².